The highest BCUT2D eigenvalue weighted by Gasteiger charge is 2.56. The van der Waals surface area contributed by atoms with Crippen LogP contribution >= 0.6 is 0 Å². The van der Waals surface area contributed by atoms with Crippen molar-refractivity contribution in [1.29, 1.82) is 0 Å². The Labute approximate surface area is 134 Å². The molecule has 1 aromatic rings. The number of hydrogen-bond donors (Lipinski definition) is 0. The summed E-state index contributed by atoms with van der Waals surface area (Å²) in [6.45, 7) is 0. The Morgan fingerprint density at radius 2 is 1.50 bits per heavy atom. The van der Waals surface area contributed by atoms with E-state index >= 15 is 0 Å². The third kappa shape index (κ3) is 2.08. The van der Waals surface area contributed by atoms with Crippen molar-refractivity contribution in [3.05, 3.63) is 35.4 Å². The Morgan fingerprint density at radius 1 is 0.818 bits per heavy atom. The fraction of sp³-hybridized carbons (Fsp3) is 0.667. The Kier molecular flexibility index (Phi) is 3.84. The smallest absolute Gasteiger partial charge is 0.170 e. The third-order valence-corrected chi connectivity index (χ3v) is 6.79. The van der Waals surface area contributed by atoms with Crippen molar-refractivity contribution in [2.45, 2.75) is 76.5 Å². The van der Waals surface area contributed by atoms with Gasteiger partial charge in [-0.05, 0) is 43.1 Å². The van der Waals surface area contributed by atoms with Crippen LogP contribution in [0.25, 0.3) is 0 Å². The number of ketones is 1. The SMILES string of the molecule is O=C1c2ccccc2[C@H]2CCCC[C@@]12C1CCCCCCC1. The number of carbonyl (C=O) groups is 1. The van der Waals surface area contributed by atoms with E-state index in [4.69, 9.17) is 0 Å². The lowest BCUT2D eigenvalue weighted by Gasteiger charge is -2.45. The van der Waals surface area contributed by atoms with Crippen LogP contribution in [-0.2, 0) is 0 Å². The van der Waals surface area contributed by atoms with Crippen LogP contribution < -0.4 is 0 Å². The molecule has 4 rings (SSSR count). The maximum atomic E-state index is 13.5. The van der Waals surface area contributed by atoms with E-state index in [0.717, 1.165) is 12.0 Å². The van der Waals surface area contributed by atoms with E-state index in [0.29, 0.717) is 17.6 Å². The fourth-order valence-corrected chi connectivity index (χ4v) is 5.81. The minimum absolute atomic E-state index is 0.0285. The molecule has 1 aromatic carbocycles. The largest absolute Gasteiger partial charge is 0.294 e. The standard InChI is InChI=1S/C21H28O/c22-20-18-13-7-6-12-17(18)19-14-8-9-15-21(19,20)16-10-4-2-1-3-5-11-16/h6-7,12-13,16,19H,1-5,8-11,14-15H2/t19-,21+/m1/s1. The van der Waals surface area contributed by atoms with Gasteiger partial charge in [0.25, 0.3) is 0 Å². The Bertz CT molecular complexity index is 553. The normalized spacial score (nSPS) is 32.9. The Hall–Kier alpha value is -1.11. The highest BCUT2D eigenvalue weighted by molar-refractivity contribution is 6.06. The highest BCUT2D eigenvalue weighted by atomic mass is 16.1. The van der Waals surface area contributed by atoms with Crippen LogP contribution in [0, 0.1) is 11.3 Å². The van der Waals surface area contributed by atoms with Gasteiger partial charge in [-0.15, -0.1) is 0 Å². The first kappa shape index (κ1) is 14.5. The van der Waals surface area contributed by atoms with E-state index in [1.165, 1.54) is 69.8 Å². The Balaban J connectivity index is 1.75. The summed E-state index contributed by atoms with van der Waals surface area (Å²) in [5.41, 5.74) is 2.42. The molecule has 0 amide bonds. The summed E-state index contributed by atoms with van der Waals surface area (Å²) in [7, 11) is 0. The van der Waals surface area contributed by atoms with Crippen LogP contribution in [0.15, 0.2) is 24.3 Å². The topological polar surface area (TPSA) is 17.1 Å². The molecule has 1 nitrogen and oxygen atoms in total. The molecule has 1 heteroatoms. The first-order valence-corrected chi connectivity index (χ1v) is 9.48. The lowest BCUT2D eigenvalue weighted by Crippen LogP contribution is -2.41. The molecule has 0 radical (unpaired) electrons. The Morgan fingerprint density at radius 3 is 2.32 bits per heavy atom. The summed E-state index contributed by atoms with van der Waals surface area (Å²) in [4.78, 5) is 13.5. The van der Waals surface area contributed by atoms with E-state index in [-0.39, 0.29) is 5.41 Å². The number of Topliss-reactive ketones (excluding diaryl/α,β-unsaturated/α-hetero) is 1. The molecule has 0 heterocycles. The summed E-state index contributed by atoms with van der Waals surface area (Å²) < 4.78 is 0. The lowest BCUT2D eigenvalue weighted by molar-refractivity contribution is 0.0429. The molecule has 0 bridgehead atoms. The maximum Gasteiger partial charge on any atom is 0.170 e. The molecule has 3 aliphatic carbocycles. The van der Waals surface area contributed by atoms with Gasteiger partial charge in [-0.3, -0.25) is 4.79 Å². The fourth-order valence-electron chi connectivity index (χ4n) is 5.81. The second-order valence-electron chi connectivity index (χ2n) is 7.80. The predicted molar refractivity (Wildman–Crippen MR) is 90.2 cm³/mol. The van der Waals surface area contributed by atoms with Crippen molar-refractivity contribution in [1.82, 2.24) is 0 Å². The molecule has 0 spiro atoms. The van der Waals surface area contributed by atoms with Crippen LogP contribution in [0.2, 0.25) is 0 Å². The van der Waals surface area contributed by atoms with Gasteiger partial charge in [0, 0.05) is 11.0 Å². The monoisotopic (exact) mass is 296 g/mol. The van der Waals surface area contributed by atoms with Crippen LogP contribution in [0.5, 0.6) is 0 Å². The van der Waals surface area contributed by atoms with Gasteiger partial charge in [0.1, 0.15) is 0 Å². The summed E-state index contributed by atoms with van der Waals surface area (Å²) in [5, 5.41) is 0. The molecule has 2 saturated carbocycles. The van der Waals surface area contributed by atoms with Gasteiger partial charge in [0.15, 0.2) is 5.78 Å². The van der Waals surface area contributed by atoms with Crippen molar-refractivity contribution in [3.63, 3.8) is 0 Å². The first-order chi connectivity index (χ1) is 10.8. The van der Waals surface area contributed by atoms with Crippen LogP contribution in [-0.4, -0.2) is 5.78 Å². The van der Waals surface area contributed by atoms with Crippen molar-refractivity contribution >= 4 is 5.78 Å². The molecule has 0 saturated heterocycles. The third-order valence-electron chi connectivity index (χ3n) is 6.79. The van der Waals surface area contributed by atoms with Crippen LogP contribution in [0.3, 0.4) is 0 Å². The minimum atomic E-state index is -0.0285. The zero-order valence-electron chi connectivity index (χ0n) is 13.7. The van der Waals surface area contributed by atoms with Gasteiger partial charge in [-0.25, -0.2) is 0 Å². The molecule has 0 aliphatic heterocycles. The van der Waals surface area contributed by atoms with Gasteiger partial charge in [-0.1, -0.05) is 69.2 Å². The second-order valence-corrected chi connectivity index (χ2v) is 7.80. The zero-order chi connectivity index (χ0) is 15.0. The van der Waals surface area contributed by atoms with Crippen LogP contribution in [0.4, 0.5) is 0 Å². The number of fused-ring (bicyclic) bond motifs is 3. The first-order valence-electron chi connectivity index (χ1n) is 9.48. The van der Waals surface area contributed by atoms with Gasteiger partial charge >= 0.3 is 0 Å². The van der Waals surface area contributed by atoms with Gasteiger partial charge in [-0.2, -0.15) is 0 Å². The zero-order valence-corrected chi connectivity index (χ0v) is 13.7. The molecule has 3 aliphatic rings. The predicted octanol–water partition coefficient (Wildman–Crippen LogP) is 5.89. The molecule has 0 unspecified atom stereocenters. The molecular weight excluding hydrogens is 268 g/mol. The number of benzene rings is 1. The van der Waals surface area contributed by atoms with Crippen molar-refractivity contribution in [3.8, 4) is 0 Å². The molecule has 0 N–H and O–H groups in total. The lowest BCUT2D eigenvalue weighted by atomic mass is 9.57. The van der Waals surface area contributed by atoms with Gasteiger partial charge in [0.05, 0.1) is 0 Å². The summed E-state index contributed by atoms with van der Waals surface area (Å²) >= 11 is 0. The van der Waals surface area contributed by atoms with E-state index in [9.17, 15) is 4.79 Å². The number of carbonyl (C=O) groups excluding carboxylic acids is 1. The quantitative estimate of drug-likeness (QED) is 0.631. The van der Waals surface area contributed by atoms with Crippen molar-refractivity contribution in [2.24, 2.45) is 11.3 Å². The summed E-state index contributed by atoms with van der Waals surface area (Å²) in [5.74, 6) is 1.67. The molecule has 22 heavy (non-hydrogen) atoms. The van der Waals surface area contributed by atoms with E-state index in [1.54, 1.807) is 0 Å². The second kappa shape index (κ2) is 5.83. The summed E-state index contributed by atoms with van der Waals surface area (Å²) in [6.07, 6.45) is 14.3. The molecule has 0 aromatic heterocycles. The van der Waals surface area contributed by atoms with E-state index < -0.39 is 0 Å². The molecular formula is C21H28O. The highest BCUT2D eigenvalue weighted by Crippen LogP contribution is 2.61. The molecule has 2 atom stereocenters. The maximum absolute atomic E-state index is 13.5. The van der Waals surface area contributed by atoms with E-state index in [1.807, 2.05) is 0 Å². The average molecular weight is 296 g/mol. The van der Waals surface area contributed by atoms with Crippen molar-refractivity contribution in [2.75, 3.05) is 0 Å². The number of rotatable bonds is 1. The molecule has 2 fully saturated rings. The van der Waals surface area contributed by atoms with Crippen molar-refractivity contribution < 1.29 is 4.79 Å². The average Bonchev–Trinajstić information content (AvgIpc) is 2.78. The van der Waals surface area contributed by atoms with Gasteiger partial charge in [0.2, 0.25) is 0 Å². The summed E-state index contributed by atoms with van der Waals surface area (Å²) in [6, 6.07) is 8.53. The number of hydrogen-bond acceptors (Lipinski definition) is 1. The minimum Gasteiger partial charge on any atom is -0.294 e. The van der Waals surface area contributed by atoms with E-state index in [2.05, 4.69) is 24.3 Å². The van der Waals surface area contributed by atoms with Crippen LogP contribution in [0.1, 0.15) is 92.5 Å². The van der Waals surface area contributed by atoms with Gasteiger partial charge < -0.3 is 0 Å². The molecule has 118 valence electrons.